The molecule has 0 spiro atoms. The minimum atomic E-state index is -0.133. The molecule has 112 valence electrons. The van der Waals surface area contributed by atoms with E-state index in [4.69, 9.17) is 0 Å². The van der Waals surface area contributed by atoms with E-state index < -0.39 is 0 Å². The van der Waals surface area contributed by atoms with Gasteiger partial charge in [0.25, 0.3) is 0 Å². The summed E-state index contributed by atoms with van der Waals surface area (Å²) < 4.78 is 13.6. The number of benzene rings is 2. The molecule has 0 aliphatic heterocycles. The molecule has 0 saturated heterocycles. The van der Waals surface area contributed by atoms with Crippen molar-refractivity contribution in [3.8, 4) is 5.75 Å². The lowest BCUT2D eigenvalue weighted by Crippen LogP contribution is -2.20. The molecule has 0 heterocycles. The van der Waals surface area contributed by atoms with Gasteiger partial charge in [0.05, 0.1) is 0 Å². The Morgan fingerprint density at radius 1 is 1.14 bits per heavy atom. The van der Waals surface area contributed by atoms with Gasteiger partial charge in [-0.2, -0.15) is 0 Å². The molecule has 0 amide bonds. The van der Waals surface area contributed by atoms with E-state index in [9.17, 15) is 9.50 Å². The van der Waals surface area contributed by atoms with Crippen molar-refractivity contribution < 1.29 is 9.50 Å². The summed E-state index contributed by atoms with van der Waals surface area (Å²) in [4.78, 5) is 0. The predicted molar refractivity (Wildman–Crippen MR) is 83.9 cm³/mol. The monoisotopic (exact) mass is 287 g/mol. The van der Waals surface area contributed by atoms with Crippen molar-refractivity contribution in [1.29, 1.82) is 0 Å². The number of nitrogens with one attached hydrogen (secondary N) is 1. The van der Waals surface area contributed by atoms with E-state index in [0.717, 1.165) is 17.5 Å². The quantitative estimate of drug-likeness (QED) is 0.855. The van der Waals surface area contributed by atoms with E-state index >= 15 is 0 Å². The van der Waals surface area contributed by atoms with E-state index in [1.54, 1.807) is 19.9 Å². The van der Waals surface area contributed by atoms with Crippen molar-refractivity contribution in [3.05, 3.63) is 64.5 Å². The number of halogens is 1. The highest BCUT2D eigenvalue weighted by atomic mass is 19.1. The summed E-state index contributed by atoms with van der Waals surface area (Å²) in [6.45, 7) is 6.29. The van der Waals surface area contributed by atoms with Crippen LogP contribution >= 0.6 is 0 Å². The molecule has 0 saturated carbocycles. The number of hydrogen-bond acceptors (Lipinski definition) is 2. The minimum Gasteiger partial charge on any atom is -0.508 e. The highest BCUT2D eigenvalue weighted by molar-refractivity contribution is 5.35. The van der Waals surface area contributed by atoms with E-state index in [-0.39, 0.29) is 11.9 Å². The van der Waals surface area contributed by atoms with Crippen LogP contribution in [0.1, 0.15) is 41.6 Å². The Kier molecular flexibility index (Phi) is 4.97. The number of aryl methyl sites for hydroxylation is 2. The summed E-state index contributed by atoms with van der Waals surface area (Å²) in [5.41, 5.74) is 3.29. The molecule has 2 nitrogen and oxygen atoms in total. The number of aromatic hydroxyl groups is 1. The van der Waals surface area contributed by atoms with Gasteiger partial charge in [-0.15, -0.1) is 0 Å². The van der Waals surface area contributed by atoms with Crippen molar-refractivity contribution in [2.75, 3.05) is 0 Å². The Labute approximate surface area is 125 Å². The average molecular weight is 287 g/mol. The van der Waals surface area contributed by atoms with Gasteiger partial charge in [0, 0.05) is 18.2 Å². The molecule has 2 aromatic rings. The number of rotatable bonds is 5. The molecular weight excluding hydrogens is 265 g/mol. The standard InChI is InChI=1S/C18H22FNO/c1-4-16(15-7-5-6-8-17(15)21)20-11-14-9-12(2)18(19)13(3)10-14/h5-10,16,20-21H,4,11H2,1-3H3. The lowest BCUT2D eigenvalue weighted by atomic mass is 10.0. The van der Waals surface area contributed by atoms with Gasteiger partial charge in [-0.25, -0.2) is 4.39 Å². The van der Waals surface area contributed by atoms with Gasteiger partial charge in [0.2, 0.25) is 0 Å². The summed E-state index contributed by atoms with van der Waals surface area (Å²) in [5.74, 6) is 0.176. The molecule has 0 fully saturated rings. The number of phenolic OH excluding ortho intramolecular Hbond substituents is 1. The first-order valence-electron chi connectivity index (χ1n) is 7.29. The Balaban J connectivity index is 2.12. The van der Waals surface area contributed by atoms with Crippen LogP contribution < -0.4 is 5.32 Å². The topological polar surface area (TPSA) is 32.3 Å². The first-order chi connectivity index (χ1) is 10.0. The van der Waals surface area contributed by atoms with Gasteiger partial charge >= 0.3 is 0 Å². The zero-order chi connectivity index (χ0) is 15.4. The van der Waals surface area contributed by atoms with Crippen LogP contribution in [0.25, 0.3) is 0 Å². The largest absolute Gasteiger partial charge is 0.508 e. The van der Waals surface area contributed by atoms with Crippen LogP contribution in [0.4, 0.5) is 4.39 Å². The second-order valence-electron chi connectivity index (χ2n) is 5.44. The molecule has 1 unspecified atom stereocenters. The summed E-state index contributed by atoms with van der Waals surface area (Å²) in [6.07, 6.45) is 0.872. The first kappa shape index (κ1) is 15.5. The zero-order valence-electron chi connectivity index (χ0n) is 12.8. The summed E-state index contributed by atoms with van der Waals surface area (Å²) in [7, 11) is 0. The van der Waals surface area contributed by atoms with Gasteiger partial charge in [-0.05, 0) is 43.0 Å². The van der Waals surface area contributed by atoms with E-state index in [2.05, 4.69) is 12.2 Å². The molecule has 2 rings (SSSR count). The van der Waals surface area contributed by atoms with Gasteiger partial charge in [-0.3, -0.25) is 0 Å². The highest BCUT2D eigenvalue weighted by Gasteiger charge is 2.13. The molecular formula is C18H22FNO. The van der Waals surface area contributed by atoms with Crippen LogP contribution in [0.15, 0.2) is 36.4 Å². The summed E-state index contributed by atoms with van der Waals surface area (Å²) in [6, 6.07) is 11.2. The maximum absolute atomic E-state index is 13.6. The Bertz CT molecular complexity index is 601. The SMILES string of the molecule is CCC(NCc1cc(C)c(F)c(C)c1)c1ccccc1O. The molecule has 0 aromatic heterocycles. The lowest BCUT2D eigenvalue weighted by molar-refractivity contribution is 0.440. The Morgan fingerprint density at radius 2 is 1.76 bits per heavy atom. The van der Waals surface area contributed by atoms with Crippen molar-refractivity contribution in [2.45, 2.75) is 39.8 Å². The lowest BCUT2D eigenvalue weighted by Gasteiger charge is -2.19. The predicted octanol–water partition coefficient (Wildman–Crippen LogP) is 4.39. The number of para-hydroxylation sites is 1. The number of phenols is 1. The Hall–Kier alpha value is -1.87. The molecule has 2 aromatic carbocycles. The van der Waals surface area contributed by atoms with Crippen molar-refractivity contribution >= 4 is 0 Å². The molecule has 0 aliphatic carbocycles. The van der Waals surface area contributed by atoms with Crippen LogP contribution in [0.2, 0.25) is 0 Å². The van der Waals surface area contributed by atoms with Gasteiger partial charge in [-0.1, -0.05) is 37.3 Å². The van der Waals surface area contributed by atoms with Gasteiger partial charge in [0.15, 0.2) is 0 Å². The first-order valence-corrected chi connectivity index (χ1v) is 7.29. The van der Waals surface area contributed by atoms with E-state index in [0.29, 0.717) is 23.4 Å². The average Bonchev–Trinajstić information content (AvgIpc) is 2.47. The summed E-state index contributed by atoms with van der Waals surface area (Å²) >= 11 is 0. The summed E-state index contributed by atoms with van der Waals surface area (Å²) in [5, 5.41) is 13.4. The molecule has 2 N–H and O–H groups in total. The van der Waals surface area contributed by atoms with Crippen LogP contribution in [0.5, 0.6) is 5.75 Å². The second kappa shape index (κ2) is 6.72. The normalized spacial score (nSPS) is 12.4. The van der Waals surface area contributed by atoms with Crippen LogP contribution in [0.3, 0.4) is 0 Å². The van der Waals surface area contributed by atoms with Crippen LogP contribution in [-0.2, 0) is 6.54 Å². The van der Waals surface area contributed by atoms with Crippen molar-refractivity contribution in [3.63, 3.8) is 0 Å². The minimum absolute atomic E-state index is 0.0804. The fraction of sp³-hybridized carbons (Fsp3) is 0.333. The molecule has 21 heavy (non-hydrogen) atoms. The second-order valence-corrected chi connectivity index (χ2v) is 5.44. The molecule has 0 bridgehead atoms. The maximum Gasteiger partial charge on any atom is 0.129 e. The fourth-order valence-electron chi connectivity index (χ4n) is 2.64. The van der Waals surface area contributed by atoms with Crippen LogP contribution in [0, 0.1) is 19.7 Å². The van der Waals surface area contributed by atoms with Gasteiger partial charge in [0.1, 0.15) is 11.6 Å². The van der Waals surface area contributed by atoms with Gasteiger partial charge < -0.3 is 10.4 Å². The maximum atomic E-state index is 13.6. The smallest absolute Gasteiger partial charge is 0.129 e. The van der Waals surface area contributed by atoms with E-state index in [1.165, 1.54) is 0 Å². The third-order valence-corrected chi connectivity index (χ3v) is 3.77. The zero-order valence-corrected chi connectivity index (χ0v) is 12.8. The van der Waals surface area contributed by atoms with Crippen molar-refractivity contribution in [1.82, 2.24) is 5.32 Å². The molecule has 0 radical (unpaired) electrons. The third-order valence-electron chi connectivity index (χ3n) is 3.77. The number of hydrogen-bond donors (Lipinski definition) is 2. The molecule has 1 atom stereocenters. The van der Waals surface area contributed by atoms with E-state index in [1.807, 2.05) is 30.3 Å². The van der Waals surface area contributed by atoms with Crippen LogP contribution in [-0.4, -0.2) is 5.11 Å². The third kappa shape index (κ3) is 3.61. The molecule has 0 aliphatic rings. The highest BCUT2D eigenvalue weighted by Crippen LogP contribution is 2.26. The fourth-order valence-corrected chi connectivity index (χ4v) is 2.64. The molecule has 3 heteroatoms. The Morgan fingerprint density at radius 3 is 2.33 bits per heavy atom. The van der Waals surface area contributed by atoms with Crippen molar-refractivity contribution in [2.24, 2.45) is 0 Å².